The molecule has 1 aliphatic rings. The standard InChI is InChI=1S/C12H16ClNO4S2/c1-12(2)6-7-14(9-12)20(17,18)11-5-3-4-10(8-11)19(13,15)16/h3-5,8H,6-7,9H2,1-2H3. The minimum atomic E-state index is -3.94. The monoisotopic (exact) mass is 337 g/mol. The van der Waals surface area contributed by atoms with E-state index in [1.165, 1.54) is 22.5 Å². The lowest BCUT2D eigenvalue weighted by Crippen LogP contribution is -2.30. The van der Waals surface area contributed by atoms with E-state index in [2.05, 4.69) is 0 Å². The predicted octanol–water partition coefficient (Wildman–Crippen LogP) is 2.03. The summed E-state index contributed by atoms with van der Waals surface area (Å²) in [5.41, 5.74) is -0.0662. The lowest BCUT2D eigenvalue weighted by atomic mass is 9.93. The van der Waals surface area contributed by atoms with Crippen LogP contribution in [0.1, 0.15) is 20.3 Å². The van der Waals surface area contributed by atoms with Gasteiger partial charge in [0.25, 0.3) is 9.05 Å². The van der Waals surface area contributed by atoms with Gasteiger partial charge in [-0.2, -0.15) is 4.31 Å². The van der Waals surface area contributed by atoms with Gasteiger partial charge in [0.05, 0.1) is 9.79 Å². The largest absolute Gasteiger partial charge is 0.261 e. The van der Waals surface area contributed by atoms with Crippen LogP contribution in [0.2, 0.25) is 0 Å². The van der Waals surface area contributed by atoms with Crippen LogP contribution in [0.5, 0.6) is 0 Å². The Morgan fingerprint density at radius 2 is 1.75 bits per heavy atom. The molecule has 112 valence electrons. The zero-order valence-electron chi connectivity index (χ0n) is 11.2. The predicted molar refractivity (Wildman–Crippen MR) is 76.6 cm³/mol. The molecule has 1 aromatic rings. The van der Waals surface area contributed by atoms with Crippen molar-refractivity contribution in [2.24, 2.45) is 5.41 Å². The van der Waals surface area contributed by atoms with Gasteiger partial charge in [-0.25, -0.2) is 16.8 Å². The molecular weight excluding hydrogens is 322 g/mol. The Morgan fingerprint density at radius 1 is 1.15 bits per heavy atom. The third kappa shape index (κ3) is 3.16. The first-order valence-electron chi connectivity index (χ1n) is 6.07. The second kappa shape index (κ2) is 4.98. The lowest BCUT2D eigenvalue weighted by molar-refractivity contribution is 0.375. The number of halogens is 1. The van der Waals surface area contributed by atoms with E-state index in [1.807, 2.05) is 13.8 Å². The van der Waals surface area contributed by atoms with Crippen molar-refractivity contribution >= 4 is 29.8 Å². The molecule has 0 amide bonds. The van der Waals surface area contributed by atoms with Crippen molar-refractivity contribution < 1.29 is 16.8 Å². The summed E-state index contributed by atoms with van der Waals surface area (Å²) in [5, 5.41) is 0. The van der Waals surface area contributed by atoms with Gasteiger partial charge in [0.15, 0.2) is 0 Å². The molecule has 0 aromatic heterocycles. The number of hydrogen-bond acceptors (Lipinski definition) is 4. The van der Waals surface area contributed by atoms with Gasteiger partial charge < -0.3 is 0 Å². The maximum absolute atomic E-state index is 12.5. The Labute approximate surface area is 124 Å². The van der Waals surface area contributed by atoms with Gasteiger partial charge in [-0.15, -0.1) is 0 Å². The fourth-order valence-electron chi connectivity index (χ4n) is 2.20. The fourth-order valence-corrected chi connectivity index (χ4v) is 4.75. The molecule has 0 radical (unpaired) electrons. The molecule has 0 aliphatic carbocycles. The number of hydrogen-bond donors (Lipinski definition) is 0. The Hall–Kier alpha value is -0.630. The van der Waals surface area contributed by atoms with Gasteiger partial charge in [0.2, 0.25) is 10.0 Å². The first kappa shape index (κ1) is 15.8. The molecule has 8 heteroatoms. The van der Waals surface area contributed by atoms with E-state index in [0.717, 1.165) is 12.5 Å². The Kier molecular flexibility index (Phi) is 3.92. The van der Waals surface area contributed by atoms with Gasteiger partial charge in [-0.05, 0) is 30.0 Å². The van der Waals surface area contributed by atoms with Crippen LogP contribution < -0.4 is 0 Å². The SMILES string of the molecule is CC1(C)CCN(S(=O)(=O)c2cccc(S(=O)(=O)Cl)c2)C1. The summed E-state index contributed by atoms with van der Waals surface area (Å²) >= 11 is 0. The van der Waals surface area contributed by atoms with Crippen molar-refractivity contribution in [1.82, 2.24) is 4.31 Å². The quantitative estimate of drug-likeness (QED) is 0.791. The van der Waals surface area contributed by atoms with Gasteiger partial charge in [0.1, 0.15) is 0 Å². The highest BCUT2D eigenvalue weighted by molar-refractivity contribution is 8.13. The summed E-state index contributed by atoms with van der Waals surface area (Å²) in [6, 6.07) is 5.13. The molecule has 0 N–H and O–H groups in total. The number of nitrogens with zero attached hydrogens (tertiary/aromatic N) is 1. The molecule has 1 aromatic carbocycles. The Bertz CT molecular complexity index is 726. The Morgan fingerprint density at radius 3 is 2.25 bits per heavy atom. The van der Waals surface area contributed by atoms with E-state index in [1.54, 1.807) is 0 Å². The van der Waals surface area contributed by atoms with Crippen molar-refractivity contribution in [3.63, 3.8) is 0 Å². The molecule has 0 spiro atoms. The molecule has 0 saturated carbocycles. The van der Waals surface area contributed by atoms with Crippen molar-refractivity contribution in [1.29, 1.82) is 0 Å². The Balaban J connectivity index is 2.41. The number of rotatable bonds is 3. The van der Waals surface area contributed by atoms with Gasteiger partial charge in [0, 0.05) is 23.8 Å². The first-order valence-corrected chi connectivity index (χ1v) is 9.82. The smallest absolute Gasteiger partial charge is 0.207 e. The van der Waals surface area contributed by atoms with Gasteiger partial charge in [-0.1, -0.05) is 19.9 Å². The zero-order valence-corrected chi connectivity index (χ0v) is 13.6. The molecule has 1 heterocycles. The molecule has 20 heavy (non-hydrogen) atoms. The second-order valence-corrected chi connectivity index (χ2v) is 10.2. The highest BCUT2D eigenvalue weighted by Crippen LogP contribution is 2.33. The van der Waals surface area contributed by atoms with Gasteiger partial charge >= 0.3 is 0 Å². The number of benzene rings is 1. The molecule has 1 fully saturated rings. The fraction of sp³-hybridized carbons (Fsp3) is 0.500. The molecular formula is C12H16ClNO4S2. The summed E-state index contributed by atoms with van der Waals surface area (Å²) in [6.07, 6.45) is 0.778. The molecule has 0 atom stereocenters. The van der Waals surface area contributed by atoms with E-state index < -0.39 is 19.1 Å². The summed E-state index contributed by atoms with van der Waals surface area (Å²) in [5.74, 6) is 0. The summed E-state index contributed by atoms with van der Waals surface area (Å²) in [4.78, 5) is -0.254. The van der Waals surface area contributed by atoms with Gasteiger partial charge in [-0.3, -0.25) is 0 Å². The van der Waals surface area contributed by atoms with Crippen LogP contribution in [0.25, 0.3) is 0 Å². The second-order valence-electron chi connectivity index (χ2n) is 5.67. The highest BCUT2D eigenvalue weighted by atomic mass is 35.7. The van der Waals surface area contributed by atoms with Crippen LogP contribution in [-0.4, -0.2) is 34.2 Å². The average Bonchev–Trinajstić information content (AvgIpc) is 2.69. The van der Waals surface area contributed by atoms with Crippen molar-refractivity contribution in [3.05, 3.63) is 24.3 Å². The normalized spacial score (nSPS) is 20.1. The van der Waals surface area contributed by atoms with E-state index in [-0.39, 0.29) is 15.2 Å². The molecule has 1 saturated heterocycles. The number of sulfonamides is 1. The summed E-state index contributed by atoms with van der Waals surface area (Å²) in [7, 11) is -2.38. The molecule has 2 rings (SSSR count). The van der Waals surface area contributed by atoms with E-state index in [9.17, 15) is 16.8 Å². The van der Waals surface area contributed by atoms with Crippen LogP contribution in [-0.2, 0) is 19.1 Å². The topological polar surface area (TPSA) is 71.5 Å². The first-order chi connectivity index (χ1) is 9.02. The maximum Gasteiger partial charge on any atom is 0.261 e. The summed E-state index contributed by atoms with van der Waals surface area (Å²) in [6.45, 7) is 4.87. The molecule has 0 bridgehead atoms. The van der Waals surface area contributed by atoms with Crippen LogP contribution in [0.4, 0.5) is 0 Å². The minimum absolute atomic E-state index is 0.0445. The highest BCUT2D eigenvalue weighted by Gasteiger charge is 2.37. The van der Waals surface area contributed by atoms with E-state index >= 15 is 0 Å². The minimum Gasteiger partial charge on any atom is -0.207 e. The van der Waals surface area contributed by atoms with Crippen LogP contribution in [0.3, 0.4) is 0 Å². The van der Waals surface area contributed by atoms with Crippen molar-refractivity contribution in [3.8, 4) is 0 Å². The van der Waals surface area contributed by atoms with Crippen molar-refractivity contribution in [2.75, 3.05) is 13.1 Å². The summed E-state index contributed by atoms with van der Waals surface area (Å²) < 4.78 is 48.9. The van der Waals surface area contributed by atoms with E-state index in [0.29, 0.717) is 13.1 Å². The van der Waals surface area contributed by atoms with Crippen LogP contribution >= 0.6 is 10.7 Å². The average molecular weight is 338 g/mol. The van der Waals surface area contributed by atoms with Crippen LogP contribution in [0.15, 0.2) is 34.1 Å². The van der Waals surface area contributed by atoms with Crippen LogP contribution in [0, 0.1) is 5.41 Å². The third-order valence-corrected chi connectivity index (χ3v) is 6.56. The maximum atomic E-state index is 12.5. The van der Waals surface area contributed by atoms with E-state index in [4.69, 9.17) is 10.7 Å². The molecule has 0 unspecified atom stereocenters. The lowest BCUT2D eigenvalue weighted by Gasteiger charge is -2.19. The molecule has 1 aliphatic heterocycles. The third-order valence-electron chi connectivity index (χ3n) is 3.37. The molecule has 5 nitrogen and oxygen atoms in total. The zero-order chi connectivity index (χ0) is 15.2. The van der Waals surface area contributed by atoms with Crippen molar-refractivity contribution in [2.45, 2.75) is 30.1 Å².